The van der Waals surface area contributed by atoms with Crippen LogP contribution < -0.4 is 0 Å². The minimum atomic E-state index is -2.02. The first-order valence-corrected chi connectivity index (χ1v) is 15.0. The Morgan fingerprint density at radius 1 is 1.36 bits per heavy atom. The van der Waals surface area contributed by atoms with E-state index in [-0.39, 0.29) is 0 Å². The van der Waals surface area contributed by atoms with Crippen LogP contribution in [0, 0.1) is 0 Å². The number of hydrogen-bond acceptors (Lipinski definition) is 1. The van der Waals surface area contributed by atoms with Gasteiger partial charge in [0.2, 0.25) is 0 Å². The molecule has 0 radical (unpaired) electrons. The zero-order valence-electron chi connectivity index (χ0n) is 7.90. The van der Waals surface area contributed by atoms with Crippen LogP contribution in [0.1, 0.15) is 13.8 Å². The Hall–Kier alpha value is 1.23. The Bertz CT molecular complexity index is 146. The van der Waals surface area contributed by atoms with E-state index in [0.717, 1.165) is 0 Å². The number of aliphatic hydroxyl groups is 1. The van der Waals surface area contributed by atoms with Crippen molar-refractivity contribution in [3.63, 3.8) is 0 Å². The van der Waals surface area contributed by atoms with Gasteiger partial charge in [0, 0.05) is 0 Å². The molecule has 1 N–H and O–H groups in total. The van der Waals surface area contributed by atoms with Gasteiger partial charge >= 0.3 is 88.0 Å². The van der Waals surface area contributed by atoms with Crippen LogP contribution in [0.2, 0.25) is 14.8 Å². The van der Waals surface area contributed by atoms with Gasteiger partial charge in [0.05, 0.1) is 0 Å². The second-order valence-corrected chi connectivity index (χ2v) is 19.3. The molecule has 0 saturated carbocycles. The van der Waals surface area contributed by atoms with Crippen LogP contribution >= 0.6 is 22.6 Å². The van der Waals surface area contributed by atoms with Crippen molar-refractivity contribution >= 4 is 41.0 Å². The van der Waals surface area contributed by atoms with E-state index in [9.17, 15) is 5.11 Å². The first-order valence-electron chi connectivity index (χ1n) is 3.73. The van der Waals surface area contributed by atoms with Crippen molar-refractivity contribution in [3.05, 3.63) is 7.67 Å². The van der Waals surface area contributed by atoms with Crippen molar-refractivity contribution in [2.45, 2.75) is 34.3 Å². The van der Waals surface area contributed by atoms with Crippen LogP contribution in [0.25, 0.3) is 0 Å². The first-order chi connectivity index (χ1) is 4.69. The molecule has 66 valence electrons. The van der Waals surface area contributed by atoms with Crippen LogP contribution in [0.15, 0.2) is 7.67 Å². The van der Waals surface area contributed by atoms with E-state index < -0.39 is 24.0 Å². The Balaban J connectivity index is 4.74. The summed E-state index contributed by atoms with van der Waals surface area (Å²) < 4.78 is 3.35. The van der Waals surface area contributed by atoms with Gasteiger partial charge in [0.25, 0.3) is 0 Å². The molecule has 0 fully saturated rings. The van der Waals surface area contributed by atoms with Gasteiger partial charge in [0.15, 0.2) is 0 Å². The maximum absolute atomic E-state index is 9.79. The summed E-state index contributed by atoms with van der Waals surface area (Å²) >= 11 is 0.209. The van der Waals surface area contributed by atoms with Crippen molar-refractivity contribution in [3.8, 4) is 0 Å². The topological polar surface area (TPSA) is 20.2 Å². The summed E-state index contributed by atoms with van der Waals surface area (Å²) in [6, 6.07) is 0. The Morgan fingerprint density at radius 3 is 1.73 bits per heavy atom. The summed E-state index contributed by atoms with van der Waals surface area (Å²) in [6.45, 7) is 3.75. The molecule has 0 amide bonds. The fourth-order valence-corrected chi connectivity index (χ4v) is 14.4. The van der Waals surface area contributed by atoms with E-state index in [1.165, 1.54) is 3.59 Å². The quantitative estimate of drug-likeness (QED) is 0.582. The summed E-state index contributed by atoms with van der Waals surface area (Å²) in [5, 5.41) is 9.79. The molecule has 0 rings (SSSR count). The normalized spacial score (nSPS) is 15.4. The van der Waals surface area contributed by atoms with Crippen LogP contribution in [0.3, 0.4) is 0 Å². The number of hydrogen-bond donors (Lipinski definition) is 1. The summed E-state index contributed by atoms with van der Waals surface area (Å²) in [4.78, 5) is 6.95. The molecule has 1 nitrogen and oxygen atoms in total. The van der Waals surface area contributed by atoms with Gasteiger partial charge in [-0.05, 0) is 0 Å². The second-order valence-electron chi connectivity index (χ2n) is 4.33. The van der Waals surface area contributed by atoms with Crippen LogP contribution in [0.5, 0.6) is 0 Å². The SMILES string of the molecule is CC(C)(O)/[C](=C/I)[Sn]([CH3])([CH3])[CH3]. The number of halogens is 1. The van der Waals surface area contributed by atoms with Crippen molar-refractivity contribution < 1.29 is 5.11 Å². The van der Waals surface area contributed by atoms with Crippen LogP contribution in [-0.2, 0) is 0 Å². The molecule has 0 aliphatic rings. The Kier molecular flexibility index (Phi) is 4.40. The average molecular weight is 375 g/mol. The standard InChI is InChI=1S/C5H8IO.3CH3.Sn/c1-5(2,7)3-4-6;;;;/h4,7H,1-2H3;3*1H3;. The van der Waals surface area contributed by atoms with Crippen molar-refractivity contribution in [2.75, 3.05) is 0 Å². The van der Waals surface area contributed by atoms with E-state index in [4.69, 9.17) is 0 Å². The average Bonchev–Trinajstić information content (AvgIpc) is 1.56. The van der Waals surface area contributed by atoms with E-state index in [0.29, 0.717) is 0 Å². The van der Waals surface area contributed by atoms with Gasteiger partial charge in [-0.3, -0.25) is 0 Å². The van der Waals surface area contributed by atoms with Crippen molar-refractivity contribution in [1.29, 1.82) is 0 Å². The molecule has 0 atom stereocenters. The third-order valence-electron chi connectivity index (χ3n) is 1.58. The summed E-state index contributed by atoms with van der Waals surface area (Å²) in [6.07, 6.45) is 0. The molecule has 11 heavy (non-hydrogen) atoms. The molecule has 0 aromatic heterocycles. The Morgan fingerprint density at radius 2 is 1.73 bits per heavy atom. The molecular formula is C8H17IOSn. The predicted octanol–water partition coefficient (Wildman–Crippen LogP) is 2.95. The molecule has 0 spiro atoms. The zero-order valence-corrected chi connectivity index (χ0v) is 12.9. The second kappa shape index (κ2) is 3.96. The van der Waals surface area contributed by atoms with Gasteiger partial charge in [-0.25, -0.2) is 0 Å². The summed E-state index contributed by atoms with van der Waals surface area (Å²) in [5.41, 5.74) is -0.602. The summed E-state index contributed by atoms with van der Waals surface area (Å²) in [5.74, 6) is 0. The van der Waals surface area contributed by atoms with Crippen LogP contribution in [0.4, 0.5) is 0 Å². The van der Waals surface area contributed by atoms with Crippen molar-refractivity contribution in [2.24, 2.45) is 0 Å². The Labute approximate surface area is 87.3 Å². The summed E-state index contributed by atoms with van der Waals surface area (Å²) in [7, 11) is 0. The third kappa shape index (κ3) is 4.12. The molecule has 0 bridgehead atoms. The molecule has 0 saturated heterocycles. The molecule has 0 aliphatic heterocycles. The van der Waals surface area contributed by atoms with Gasteiger partial charge in [-0.2, -0.15) is 0 Å². The van der Waals surface area contributed by atoms with Gasteiger partial charge in [-0.15, -0.1) is 0 Å². The molecule has 0 aromatic rings. The molecule has 0 aliphatic carbocycles. The monoisotopic (exact) mass is 376 g/mol. The van der Waals surface area contributed by atoms with Crippen molar-refractivity contribution in [1.82, 2.24) is 0 Å². The fourth-order valence-electron chi connectivity index (χ4n) is 1.21. The predicted molar refractivity (Wildman–Crippen MR) is 61.7 cm³/mol. The van der Waals surface area contributed by atoms with Gasteiger partial charge in [0.1, 0.15) is 0 Å². The fraction of sp³-hybridized carbons (Fsp3) is 0.750. The van der Waals surface area contributed by atoms with E-state index in [2.05, 4.69) is 41.5 Å². The van der Waals surface area contributed by atoms with Gasteiger partial charge in [-0.1, -0.05) is 0 Å². The number of rotatable bonds is 2. The molecule has 0 heterocycles. The minimum absolute atomic E-state index is 0.602. The zero-order chi connectivity index (χ0) is 9.28. The van der Waals surface area contributed by atoms with E-state index >= 15 is 0 Å². The van der Waals surface area contributed by atoms with E-state index in [1.54, 1.807) is 0 Å². The molecule has 3 heteroatoms. The first kappa shape index (κ1) is 12.2. The third-order valence-corrected chi connectivity index (χ3v) is 10.6. The van der Waals surface area contributed by atoms with Crippen LogP contribution in [-0.4, -0.2) is 29.1 Å². The maximum atomic E-state index is 9.79. The van der Waals surface area contributed by atoms with E-state index in [1.807, 2.05) is 13.8 Å². The molecule has 0 aromatic carbocycles. The molecular weight excluding hydrogens is 358 g/mol. The van der Waals surface area contributed by atoms with Gasteiger partial charge < -0.3 is 0 Å². The molecule has 0 unspecified atom stereocenters.